The summed E-state index contributed by atoms with van der Waals surface area (Å²) in [5.41, 5.74) is 5.22. The van der Waals surface area contributed by atoms with Crippen molar-refractivity contribution in [3.63, 3.8) is 0 Å². The van der Waals surface area contributed by atoms with Crippen LogP contribution in [-0.2, 0) is 32.0 Å². The van der Waals surface area contributed by atoms with Gasteiger partial charge in [0.25, 0.3) is 0 Å². The number of amides is 1. The number of nitrogens with one attached hydrogen (secondary N) is 2. The standard InChI is InChI=1S/C40H47N3O5/c1-23-9-11-24(12-10-23)20-41-31-19-32-39(47-36(31)37(2,3)48-39)16-15-38(4)34-25(18-29-28-7-5-6-8-30(28)43-35(29)34)17-26(40(32,38)45)21-46-22-33(44)42-27-13-14-27/h5-12,19,25-27,34,36,43,45H,13-18,20-22H2,1-4H3,(H,42,44)/t25?,26?,34?,36?,38?,39?,40-/m0/s1. The van der Waals surface area contributed by atoms with Crippen LogP contribution in [0.15, 0.2) is 65.2 Å². The Labute approximate surface area is 282 Å². The Hall–Kier alpha value is -3.30. The molecule has 3 heterocycles. The maximum absolute atomic E-state index is 13.7. The van der Waals surface area contributed by atoms with E-state index in [2.05, 4.69) is 92.6 Å². The van der Waals surface area contributed by atoms with Crippen molar-refractivity contribution in [2.24, 2.45) is 22.2 Å². The number of carbonyl (C=O) groups excluding carboxylic acids is 1. The molecule has 2 bridgehead atoms. The van der Waals surface area contributed by atoms with Gasteiger partial charge in [0.2, 0.25) is 5.91 Å². The van der Waals surface area contributed by atoms with Crippen molar-refractivity contribution in [3.05, 3.63) is 82.6 Å². The van der Waals surface area contributed by atoms with Crippen LogP contribution in [0.1, 0.15) is 81.2 Å². The summed E-state index contributed by atoms with van der Waals surface area (Å²) in [4.78, 5) is 21.6. The third-order valence-electron chi connectivity index (χ3n) is 12.6. The summed E-state index contributed by atoms with van der Waals surface area (Å²) in [6.07, 6.45) is 6.97. The number of hydrogen-bond acceptors (Lipinski definition) is 6. The topological polar surface area (TPSA) is 105 Å². The molecule has 48 heavy (non-hydrogen) atoms. The molecule has 0 radical (unpaired) electrons. The van der Waals surface area contributed by atoms with Crippen molar-refractivity contribution in [2.45, 2.75) is 108 Å². The van der Waals surface area contributed by atoms with E-state index >= 15 is 0 Å². The van der Waals surface area contributed by atoms with Crippen LogP contribution in [0.5, 0.6) is 0 Å². The van der Waals surface area contributed by atoms with Gasteiger partial charge in [-0.05, 0) is 82.1 Å². The Balaban J connectivity index is 1.14. The van der Waals surface area contributed by atoms with Crippen LogP contribution in [0.3, 0.4) is 0 Å². The minimum Gasteiger partial charge on any atom is -0.384 e. The second-order valence-corrected chi connectivity index (χ2v) is 16.2. The smallest absolute Gasteiger partial charge is 0.246 e. The van der Waals surface area contributed by atoms with Crippen LogP contribution < -0.4 is 5.32 Å². The Bertz CT molecular complexity index is 1860. The van der Waals surface area contributed by atoms with E-state index < -0.39 is 22.4 Å². The van der Waals surface area contributed by atoms with Gasteiger partial charge in [-0.2, -0.15) is 0 Å². The van der Waals surface area contributed by atoms with Gasteiger partial charge in [-0.1, -0.05) is 55.0 Å². The van der Waals surface area contributed by atoms with Gasteiger partial charge in [-0.25, -0.2) is 0 Å². The molecule has 8 nitrogen and oxygen atoms in total. The highest BCUT2D eigenvalue weighted by atomic mass is 16.8. The molecule has 6 aliphatic rings. The Kier molecular flexibility index (Phi) is 6.79. The largest absolute Gasteiger partial charge is 0.384 e. The van der Waals surface area contributed by atoms with Crippen LogP contribution in [0.2, 0.25) is 0 Å². The van der Waals surface area contributed by atoms with Gasteiger partial charge in [0.05, 0.1) is 24.5 Å². The first-order chi connectivity index (χ1) is 23.0. The number of ether oxygens (including phenoxy) is 3. The molecule has 2 aliphatic heterocycles. The first kappa shape index (κ1) is 30.7. The highest BCUT2D eigenvalue weighted by molar-refractivity contribution is 6.02. The van der Waals surface area contributed by atoms with Crippen molar-refractivity contribution in [1.29, 1.82) is 0 Å². The molecular formula is C40H47N3O5. The van der Waals surface area contributed by atoms with E-state index in [4.69, 9.17) is 19.2 Å². The van der Waals surface area contributed by atoms with Crippen molar-refractivity contribution >= 4 is 22.5 Å². The molecular weight excluding hydrogens is 602 g/mol. The molecule has 3 aromatic rings. The fourth-order valence-electron chi connectivity index (χ4n) is 10.2. The number of aryl methyl sites for hydroxylation is 1. The Morgan fingerprint density at radius 2 is 1.90 bits per heavy atom. The number of benzene rings is 2. The molecule has 2 aromatic carbocycles. The molecule has 1 saturated heterocycles. The average molecular weight is 650 g/mol. The van der Waals surface area contributed by atoms with Gasteiger partial charge in [0.15, 0.2) is 5.79 Å². The van der Waals surface area contributed by atoms with Crippen molar-refractivity contribution in [1.82, 2.24) is 10.3 Å². The van der Waals surface area contributed by atoms with Gasteiger partial charge in [0.1, 0.15) is 18.3 Å². The first-order valence-corrected chi connectivity index (χ1v) is 17.9. The van der Waals surface area contributed by atoms with E-state index in [1.165, 1.54) is 22.2 Å². The molecule has 252 valence electrons. The average Bonchev–Trinajstić information content (AvgIpc) is 3.62. The molecule has 4 fully saturated rings. The number of hydrogen-bond donors (Lipinski definition) is 3. The SMILES string of the molecule is Cc1ccc(CN=C2C=C3C4(CCC5(C)C6c7[nH]c8ccccc8c7CC6CC(COCC(=O)NC6CC6)[C@]35O)OC2C(C)(C)O4)cc1. The second-order valence-electron chi connectivity index (χ2n) is 16.2. The minimum atomic E-state index is -1.33. The fourth-order valence-corrected chi connectivity index (χ4v) is 10.2. The number of H-pyrrole nitrogens is 1. The highest BCUT2D eigenvalue weighted by Crippen LogP contribution is 2.71. The third kappa shape index (κ3) is 4.48. The summed E-state index contributed by atoms with van der Waals surface area (Å²) < 4.78 is 20.1. The normalized spacial score (nSPS) is 36.7. The van der Waals surface area contributed by atoms with Crippen molar-refractivity contribution in [2.75, 3.05) is 13.2 Å². The van der Waals surface area contributed by atoms with E-state index in [1.54, 1.807) is 0 Å². The van der Waals surface area contributed by atoms with Crippen molar-refractivity contribution in [3.8, 4) is 0 Å². The minimum absolute atomic E-state index is 0.00682. The van der Waals surface area contributed by atoms with Gasteiger partial charge < -0.3 is 29.6 Å². The van der Waals surface area contributed by atoms with E-state index in [0.29, 0.717) is 18.9 Å². The molecule has 9 rings (SSSR count). The number of aromatic nitrogens is 1. The van der Waals surface area contributed by atoms with Crippen LogP contribution in [0.4, 0.5) is 0 Å². The third-order valence-corrected chi connectivity index (χ3v) is 12.6. The zero-order chi connectivity index (χ0) is 33.1. The summed E-state index contributed by atoms with van der Waals surface area (Å²) in [5, 5.41) is 18.0. The zero-order valence-electron chi connectivity index (χ0n) is 28.5. The molecule has 1 aromatic heterocycles. The van der Waals surface area contributed by atoms with Gasteiger partial charge >= 0.3 is 0 Å². The summed E-state index contributed by atoms with van der Waals surface area (Å²) in [6, 6.07) is 17.3. The summed E-state index contributed by atoms with van der Waals surface area (Å²) in [7, 11) is 0. The number of rotatable bonds is 7. The number of fused-ring (bicyclic) bond motifs is 9. The van der Waals surface area contributed by atoms with E-state index in [-0.39, 0.29) is 43.1 Å². The summed E-state index contributed by atoms with van der Waals surface area (Å²) >= 11 is 0. The van der Waals surface area contributed by atoms with Gasteiger partial charge in [-0.15, -0.1) is 0 Å². The maximum atomic E-state index is 13.7. The molecule has 3 N–H and O–H groups in total. The number of aromatic amines is 1. The van der Waals surface area contributed by atoms with Crippen LogP contribution in [0.25, 0.3) is 10.9 Å². The van der Waals surface area contributed by atoms with E-state index in [1.807, 2.05) is 0 Å². The molecule has 1 amide bonds. The van der Waals surface area contributed by atoms with Crippen LogP contribution >= 0.6 is 0 Å². The van der Waals surface area contributed by atoms with Crippen molar-refractivity contribution < 1.29 is 24.1 Å². The monoisotopic (exact) mass is 649 g/mol. The number of carbonyl (C=O) groups is 1. The molecule has 6 unspecified atom stereocenters. The lowest BCUT2D eigenvalue weighted by atomic mass is 9.45. The van der Waals surface area contributed by atoms with Gasteiger partial charge in [-0.3, -0.25) is 9.79 Å². The molecule has 8 heteroatoms. The molecule has 4 aliphatic carbocycles. The zero-order valence-corrected chi connectivity index (χ0v) is 28.5. The predicted molar refractivity (Wildman–Crippen MR) is 184 cm³/mol. The number of nitrogens with zero attached hydrogens (tertiary/aromatic N) is 1. The number of para-hydroxylation sites is 1. The van der Waals surface area contributed by atoms with Crippen LogP contribution in [0, 0.1) is 24.2 Å². The fraction of sp³-hybridized carbons (Fsp3) is 0.550. The summed E-state index contributed by atoms with van der Waals surface area (Å²) in [6.45, 7) is 9.30. The lowest BCUT2D eigenvalue weighted by Gasteiger charge is -2.64. The summed E-state index contributed by atoms with van der Waals surface area (Å²) in [5.74, 6) is -0.920. The molecule has 3 saturated carbocycles. The Morgan fingerprint density at radius 1 is 1.10 bits per heavy atom. The first-order valence-electron chi connectivity index (χ1n) is 17.9. The number of aliphatic imine (C=N–C) groups is 1. The molecule has 7 atom stereocenters. The quantitative estimate of drug-likeness (QED) is 0.289. The second kappa shape index (κ2) is 10.6. The lowest BCUT2D eigenvalue weighted by molar-refractivity contribution is -0.253. The van der Waals surface area contributed by atoms with E-state index in [9.17, 15) is 9.90 Å². The Morgan fingerprint density at radius 3 is 2.69 bits per heavy atom. The highest BCUT2D eigenvalue weighted by Gasteiger charge is 2.74. The van der Waals surface area contributed by atoms with Crippen LogP contribution in [-0.4, -0.2) is 64.1 Å². The maximum Gasteiger partial charge on any atom is 0.246 e. The lowest BCUT2D eigenvalue weighted by Crippen LogP contribution is -2.69. The van der Waals surface area contributed by atoms with E-state index in [0.717, 1.165) is 54.5 Å². The number of aliphatic hydroxyl groups is 1. The van der Waals surface area contributed by atoms with Gasteiger partial charge in [0, 0.05) is 51.9 Å². The molecule has 1 spiro atoms. The predicted octanol–water partition coefficient (Wildman–Crippen LogP) is 6.05.